The summed E-state index contributed by atoms with van der Waals surface area (Å²) in [5, 5.41) is 3.74. The lowest BCUT2D eigenvalue weighted by atomic mass is 10.1. The molecule has 2 heterocycles. The van der Waals surface area contributed by atoms with Crippen LogP contribution in [0.25, 0.3) is 11.0 Å². The van der Waals surface area contributed by atoms with Crippen molar-refractivity contribution in [2.45, 2.75) is 39.7 Å². The number of fused-ring (bicyclic) bond motifs is 1. The molecule has 34 heavy (non-hydrogen) atoms. The lowest BCUT2D eigenvalue weighted by Gasteiger charge is -2.12. The van der Waals surface area contributed by atoms with Gasteiger partial charge in [-0.1, -0.05) is 29.8 Å². The van der Waals surface area contributed by atoms with E-state index in [0.29, 0.717) is 25.3 Å². The van der Waals surface area contributed by atoms with Crippen LogP contribution >= 0.6 is 11.6 Å². The summed E-state index contributed by atoms with van der Waals surface area (Å²) in [5.74, 6) is 1.65. The molecule has 0 aliphatic heterocycles. The van der Waals surface area contributed by atoms with Gasteiger partial charge in [-0.25, -0.2) is 4.98 Å². The van der Waals surface area contributed by atoms with Gasteiger partial charge in [-0.2, -0.15) is 0 Å². The smallest absolute Gasteiger partial charge is 0.269 e. The van der Waals surface area contributed by atoms with E-state index in [4.69, 9.17) is 21.3 Å². The summed E-state index contributed by atoms with van der Waals surface area (Å²) in [6.45, 7) is 5.96. The zero-order valence-corrected chi connectivity index (χ0v) is 20.3. The second kappa shape index (κ2) is 11.2. The molecule has 0 aliphatic rings. The summed E-state index contributed by atoms with van der Waals surface area (Å²) in [4.78, 5) is 21.2. The van der Waals surface area contributed by atoms with Gasteiger partial charge in [0.1, 0.15) is 17.3 Å². The third kappa shape index (κ3) is 5.75. The summed E-state index contributed by atoms with van der Waals surface area (Å²) in [6.07, 6.45) is 4.14. The monoisotopic (exact) mass is 476 g/mol. The third-order valence-corrected chi connectivity index (χ3v) is 6.32. The van der Waals surface area contributed by atoms with E-state index >= 15 is 0 Å². The van der Waals surface area contributed by atoms with Gasteiger partial charge in [0.05, 0.1) is 17.6 Å². The Kier molecular flexibility index (Phi) is 7.80. The van der Waals surface area contributed by atoms with Crippen LogP contribution in [0.2, 0.25) is 5.02 Å². The first-order chi connectivity index (χ1) is 16.5. The van der Waals surface area contributed by atoms with Crippen LogP contribution in [0.3, 0.4) is 0 Å². The van der Waals surface area contributed by atoms with Gasteiger partial charge in [-0.15, -0.1) is 0 Å². The van der Waals surface area contributed by atoms with Gasteiger partial charge in [-0.05, 0) is 74.2 Å². The van der Waals surface area contributed by atoms with Crippen molar-refractivity contribution in [1.29, 1.82) is 0 Å². The number of hydrogen-bond donors (Lipinski definition) is 1. The molecule has 0 aliphatic carbocycles. The number of nitrogens with one attached hydrogen (secondary N) is 1. The molecule has 0 atom stereocenters. The van der Waals surface area contributed by atoms with E-state index in [-0.39, 0.29) is 5.91 Å². The fraction of sp³-hybridized carbons (Fsp3) is 0.296. The van der Waals surface area contributed by atoms with E-state index in [2.05, 4.69) is 20.9 Å². The molecule has 7 heteroatoms. The van der Waals surface area contributed by atoms with E-state index in [1.165, 1.54) is 0 Å². The third-order valence-electron chi connectivity index (χ3n) is 5.72. The Labute approximate surface area is 204 Å². The Morgan fingerprint density at radius 1 is 1.06 bits per heavy atom. The lowest BCUT2D eigenvalue weighted by molar-refractivity contribution is 0.0949. The number of hydrogen-bond acceptors (Lipinski definition) is 4. The maximum Gasteiger partial charge on any atom is 0.269 e. The number of imidazole rings is 1. The summed E-state index contributed by atoms with van der Waals surface area (Å²) in [7, 11) is 0. The molecule has 6 nitrogen and oxygen atoms in total. The van der Waals surface area contributed by atoms with E-state index < -0.39 is 0 Å². The molecule has 0 radical (unpaired) electrons. The zero-order chi connectivity index (χ0) is 23.9. The highest BCUT2D eigenvalue weighted by molar-refractivity contribution is 6.32. The van der Waals surface area contributed by atoms with Crippen LogP contribution in [0.15, 0.2) is 60.8 Å². The quantitative estimate of drug-likeness (QED) is 0.305. The average Bonchev–Trinajstić information content (AvgIpc) is 3.20. The summed E-state index contributed by atoms with van der Waals surface area (Å²) in [5.41, 5.74) is 4.56. The zero-order valence-electron chi connectivity index (χ0n) is 19.6. The summed E-state index contributed by atoms with van der Waals surface area (Å²) >= 11 is 6.25. The number of pyridine rings is 1. The molecule has 0 bridgehead atoms. The first kappa shape index (κ1) is 23.8. The van der Waals surface area contributed by atoms with Gasteiger partial charge in [0, 0.05) is 30.7 Å². The maximum absolute atomic E-state index is 12.3. The molecule has 4 aromatic rings. The molecule has 0 saturated heterocycles. The van der Waals surface area contributed by atoms with Gasteiger partial charge >= 0.3 is 0 Å². The highest BCUT2D eigenvalue weighted by Gasteiger charge is 2.12. The van der Waals surface area contributed by atoms with Crippen molar-refractivity contribution < 1.29 is 9.53 Å². The Morgan fingerprint density at radius 3 is 2.59 bits per heavy atom. The van der Waals surface area contributed by atoms with Crippen LogP contribution in [0, 0.1) is 13.8 Å². The van der Waals surface area contributed by atoms with Crippen molar-refractivity contribution in [3.8, 4) is 5.75 Å². The first-order valence-corrected chi connectivity index (χ1v) is 11.9. The molecule has 0 fully saturated rings. The van der Waals surface area contributed by atoms with Gasteiger partial charge in [0.25, 0.3) is 5.91 Å². The van der Waals surface area contributed by atoms with E-state index in [1.54, 1.807) is 24.4 Å². The molecule has 1 amide bonds. The molecule has 1 N–H and O–H groups in total. The highest BCUT2D eigenvalue weighted by Crippen LogP contribution is 2.26. The van der Waals surface area contributed by atoms with Crippen molar-refractivity contribution in [3.05, 3.63) is 88.5 Å². The number of carbonyl (C=O) groups excluding carboxylic acids is 1. The average molecular weight is 477 g/mol. The number of amides is 1. The number of rotatable bonds is 10. The largest absolute Gasteiger partial charge is 0.494 e. The molecule has 4 rings (SSSR count). The van der Waals surface area contributed by atoms with E-state index in [1.807, 2.05) is 44.2 Å². The lowest BCUT2D eigenvalue weighted by Crippen LogP contribution is -2.27. The van der Waals surface area contributed by atoms with Crippen LogP contribution < -0.4 is 10.1 Å². The van der Waals surface area contributed by atoms with Crippen LogP contribution in [0.1, 0.15) is 40.3 Å². The van der Waals surface area contributed by atoms with Crippen LogP contribution in [0.4, 0.5) is 0 Å². The Balaban J connectivity index is 1.33. The predicted molar refractivity (Wildman–Crippen MR) is 136 cm³/mol. The normalized spacial score (nSPS) is 11.0. The van der Waals surface area contributed by atoms with E-state index in [9.17, 15) is 4.79 Å². The number of benzene rings is 2. The summed E-state index contributed by atoms with van der Waals surface area (Å²) < 4.78 is 8.21. The Bertz CT molecular complexity index is 1250. The minimum absolute atomic E-state index is 0.173. The van der Waals surface area contributed by atoms with Crippen LogP contribution in [-0.4, -0.2) is 33.6 Å². The Hall–Kier alpha value is -3.38. The number of para-hydroxylation sites is 2. The van der Waals surface area contributed by atoms with Gasteiger partial charge in [0.15, 0.2) is 0 Å². The van der Waals surface area contributed by atoms with Gasteiger partial charge in [0.2, 0.25) is 0 Å². The number of carbonyl (C=O) groups is 1. The van der Waals surface area contributed by atoms with Crippen molar-refractivity contribution in [1.82, 2.24) is 19.9 Å². The predicted octanol–water partition coefficient (Wildman–Crippen LogP) is 5.53. The van der Waals surface area contributed by atoms with Crippen molar-refractivity contribution >= 4 is 28.5 Å². The number of aromatic nitrogens is 3. The molecular formula is C27H29ClN4O2. The van der Waals surface area contributed by atoms with Crippen LogP contribution in [0.5, 0.6) is 5.75 Å². The van der Waals surface area contributed by atoms with Crippen molar-refractivity contribution in [2.24, 2.45) is 0 Å². The topological polar surface area (TPSA) is 69.0 Å². The highest BCUT2D eigenvalue weighted by atomic mass is 35.5. The number of unbranched alkanes of at least 4 members (excludes halogenated alkanes) is 1. The van der Waals surface area contributed by atoms with Gasteiger partial charge in [-0.3, -0.25) is 9.78 Å². The maximum atomic E-state index is 12.3. The minimum atomic E-state index is -0.173. The number of halogens is 1. The molecule has 0 spiro atoms. The standard InChI is InChI=1S/C27H29ClN4O2/c1-19-17-21(18-20(2)26(19)28)34-16-8-7-15-32-24-11-4-3-9-22(24)31-25(32)12-14-30-27(33)23-10-5-6-13-29-23/h3-6,9-11,13,17-18H,7-8,12,14-16H2,1-2H3,(H,30,33). The second-order valence-corrected chi connectivity index (χ2v) is 8.69. The van der Waals surface area contributed by atoms with E-state index in [0.717, 1.165) is 58.1 Å². The number of aryl methyl sites for hydroxylation is 3. The fourth-order valence-corrected chi connectivity index (χ4v) is 4.10. The molecule has 2 aromatic carbocycles. The Morgan fingerprint density at radius 2 is 1.82 bits per heavy atom. The number of ether oxygens (including phenoxy) is 1. The minimum Gasteiger partial charge on any atom is -0.494 e. The fourth-order valence-electron chi connectivity index (χ4n) is 3.99. The SMILES string of the molecule is Cc1cc(OCCCCn2c(CCNC(=O)c3ccccn3)nc3ccccc32)cc(C)c1Cl. The molecule has 0 saturated carbocycles. The number of nitrogens with zero attached hydrogens (tertiary/aromatic N) is 3. The molecule has 0 unspecified atom stereocenters. The molecule has 2 aromatic heterocycles. The molecular weight excluding hydrogens is 448 g/mol. The van der Waals surface area contributed by atoms with Gasteiger partial charge < -0.3 is 14.6 Å². The van der Waals surface area contributed by atoms with Crippen molar-refractivity contribution in [3.63, 3.8) is 0 Å². The first-order valence-electron chi connectivity index (χ1n) is 11.6. The summed E-state index contributed by atoms with van der Waals surface area (Å²) in [6, 6.07) is 17.4. The van der Waals surface area contributed by atoms with Crippen molar-refractivity contribution in [2.75, 3.05) is 13.2 Å². The molecule has 176 valence electrons. The second-order valence-electron chi connectivity index (χ2n) is 8.32. The van der Waals surface area contributed by atoms with Crippen LogP contribution in [-0.2, 0) is 13.0 Å².